The number of carbonyl (C=O) groups excluding carboxylic acids is 3. The van der Waals surface area contributed by atoms with Gasteiger partial charge in [0.1, 0.15) is 6.10 Å². The highest BCUT2D eigenvalue weighted by molar-refractivity contribution is 6.10. The monoisotopic (exact) mass is 486 g/mol. The number of carbonyl (C=O) groups is 3. The summed E-state index contributed by atoms with van der Waals surface area (Å²) in [6.07, 6.45) is 11.8. The van der Waals surface area contributed by atoms with Gasteiger partial charge in [0, 0.05) is 6.61 Å². The Bertz CT molecular complexity index is 577. The molecule has 198 valence electrons. The normalized spacial score (nSPS) is 18.9. The van der Waals surface area contributed by atoms with E-state index >= 15 is 0 Å². The van der Waals surface area contributed by atoms with E-state index in [4.69, 9.17) is 18.9 Å². The van der Waals surface area contributed by atoms with E-state index in [1.165, 1.54) is 70.6 Å². The lowest BCUT2D eigenvalue weighted by Crippen LogP contribution is -2.39. The zero-order chi connectivity index (χ0) is 25.2. The lowest BCUT2D eigenvalue weighted by molar-refractivity contribution is -0.153. The van der Waals surface area contributed by atoms with Crippen LogP contribution in [0.15, 0.2) is 0 Å². The molecule has 3 atom stereocenters. The molecule has 1 aliphatic heterocycles. The van der Waals surface area contributed by atoms with Gasteiger partial charge in [-0.3, -0.25) is 4.79 Å². The fourth-order valence-corrected chi connectivity index (χ4v) is 3.89. The van der Waals surface area contributed by atoms with Crippen molar-refractivity contribution in [3.8, 4) is 0 Å². The van der Waals surface area contributed by atoms with Crippen molar-refractivity contribution in [3.63, 3.8) is 0 Å². The molecule has 0 aromatic rings. The molecule has 1 saturated heterocycles. The van der Waals surface area contributed by atoms with Crippen LogP contribution in [0.2, 0.25) is 0 Å². The maximum atomic E-state index is 12.3. The van der Waals surface area contributed by atoms with E-state index in [-0.39, 0.29) is 6.61 Å². The summed E-state index contributed by atoms with van der Waals surface area (Å²) in [7, 11) is 0. The first-order valence-corrected chi connectivity index (χ1v) is 13.2. The number of hydrogen-bond donors (Lipinski definition) is 1. The SMILES string of the molecule is CCCCCCCCCCCCCCCCOCC(O)C1OC(=O)C(OC(=O)OC(C)C)C1=O. The molecule has 0 saturated carbocycles. The van der Waals surface area contributed by atoms with Gasteiger partial charge in [0.05, 0.1) is 12.7 Å². The molecule has 1 fully saturated rings. The van der Waals surface area contributed by atoms with Gasteiger partial charge in [-0.2, -0.15) is 0 Å². The fraction of sp³-hybridized carbons (Fsp3) is 0.885. The maximum absolute atomic E-state index is 12.3. The quantitative estimate of drug-likeness (QED) is 0.141. The van der Waals surface area contributed by atoms with Gasteiger partial charge in [-0.25, -0.2) is 9.59 Å². The number of unbranched alkanes of at least 4 members (excludes halogenated alkanes) is 13. The summed E-state index contributed by atoms with van der Waals surface area (Å²) in [6, 6.07) is 0. The van der Waals surface area contributed by atoms with E-state index in [1.54, 1.807) is 13.8 Å². The first kappa shape index (κ1) is 30.4. The molecule has 8 heteroatoms. The molecule has 0 amide bonds. The summed E-state index contributed by atoms with van der Waals surface area (Å²) in [5.74, 6) is -1.82. The van der Waals surface area contributed by atoms with Crippen molar-refractivity contribution in [2.75, 3.05) is 13.2 Å². The Morgan fingerprint density at radius 3 is 1.88 bits per heavy atom. The second-order valence-corrected chi connectivity index (χ2v) is 9.41. The summed E-state index contributed by atoms with van der Waals surface area (Å²) in [5, 5.41) is 10.2. The average Bonchev–Trinajstić information content (AvgIpc) is 3.06. The number of aliphatic hydroxyl groups is 1. The third kappa shape index (κ3) is 13.3. The molecule has 1 aliphatic rings. The highest BCUT2D eigenvalue weighted by Crippen LogP contribution is 2.19. The molecule has 3 unspecified atom stereocenters. The summed E-state index contributed by atoms with van der Waals surface area (Å²) in [6.45, 7) is 5.80. The molecule has 8 nitrogen and oxygen atoms in total. The van der Waals surface area contributed by atoms with Gasteiger partial charge in [-0.05, 0) is 20.3 Å². The zero-order valence-corrected chi connectivity index (χ0v) is 21.4. The predicted molar refractivity (Wildman–Crippen MR) is 129 cm³/mol. The van der Waals surface area contributed by atoms with Gasteiger partial charge in [0.25, 0.3) is 6.10 Å². The van der Waals surface area contributed by atoms with Crippen LogP contribution >= 0.6 is 0 Å². The highest BCUT2D eigenvalue weighted by atomic mass is 16.7. The molecular formula is C26H46O8. The molecule has 34 heavy (non-hydrogen) atoms. The zero-order valence-electron chi connectivity index (χ0n) is 21.4. The molecule has 0 radical (unpaired) electrons. The molecule has 1 N–H and O–H groups in total. The van der Waals surface area contributed by atoms with Crippen LogP contribution < -0.4 is 0 Å². The second kappa shape index (κ2) is 18.6. The third-order valence-corrected chi connectivity index (χ3v) is 5.82. The second-order valence-electron chi connectivity index (χ2n) is 9.41. The number of aliphatic hydroxyl groups excluding tert-OH is 1. The lowest BCUT2D eigenvalue weighted by atomic mass is 10.0. The minimum atomic E-state index is -1.71. The Morgan fingerprint density at radius 2 is 1.38 bits per heavy atom. The average molecular weight is 487 g/mol. The number of Topliss-reactive ketones (excluding diaryl/α,β-unsaturated/α-hetero) is 1. The Balaban J connectivity index is 2.00. The fourth-order valence-electron chi connectivity index (χ4n) is 3.89. The summed E-state index contributed by atoms with van der Waals surface area (Å²) < 4.78 is 19.8. The van der Waals surface area contributed by atoms with E-state index in [0.29, 0.717) is 6.61 Å². The van der Waals surface area contributed by atoms with Crippen LogP contribution in [0.3, 0.4) is 0 Å². The first-order chi connectivity index (χ1) is 16.4. The van der Waals surface area contributed by atoms with Crippen LogP contribution in [0, 0.1) is 0 Å². The van der Waals surface area contributed by atoms with E-state index in [2.05, 4.69) is 6.92 Å². The van der Waals surface area contributed by atoms with Crippen LogP contribution in [0.5, 0.6) is 0 Å². The van der Waals surface area contributed by atoms with Gasteiger partial charge in [0.2, 0.25) is 5.78 Å². The van der Waals surface area contributed by atoms with Crippen LogP contribution in [0.25, 0.3) is 0 Å². The largest absolute Gasteiger partial charge is 0.509 e. The van der Waals surface area contributed by atoms with Gasteiger partial charge in [0.15, 0.2) is 6.10 Å². The summed E-state index contributed by atoms with van der Waals surface area (Å²) in [4.78, 5) is 35.6. The van der Waals surface area contributed by atoms with Crippen molar-refractivity contribution in [1.29, 1.82) is 0 Å². The van der Waals surface area contributed by atoms with Crippen molar-refractivity contribution in [3.05, 3.63) is 0 Å². The molecule has 1 rings (SSSR count). The van der Waals surface area contributed by atoms with Gasteiger partial charge >= 0.3 is 12.1 Å². The van der Waals surface area contributed by atoms with Crippen molar-refractivity contribution in [1.82, 2.24) is 0 Å². The molecule has 0 bridgehead atoms. The minimum absolute atomic E-state index is 0.134. The van der Waals surface area contributed by atoms with Crippen LogP contribution in [-0.4, -0.2) is 60.6 Å². The number of ether oxygens (including phenoxy) is 4. The van der Waals surface area contributed by atoms with E-state index in [0.717, 1.165) is 19.3 Å². The molecule has 1 heterocycles. The van der Waals surface area contributed by atoms with Crippen molar-refractivity contribution in [2.45, 2.75) is 135 Å². The standard InChI is InChI=1S/C26H46O8/c1-4-5-6-7-8-9-10-11-12-13-14-15-16-17-18-31-19-21(27)23-22(28)24(25(29)33-23)34-26(30)32-20(2)3/h20-21,23-24,27H,4-19H2,1-3H3. The smallest absolute Gasteiger partial charge is 0.448 e. The van der Waals surface area contributed by atoms with Gasteiger partial charge in [-0.1, -0.05) is 90.4 Å². The highest BCUT2D eigenvalue weighted by Gasteiger charge is 2.49. The molecule has 0 aliphatic carbocycles. The Kier molecular flexibility index (Phi) is 16.6. The molecule has 0 aromatic carbocycles. The van der Waals surface area contributed by atoms with E-state index in [1.807, 2.05) is 0 Å². The number of rotatable bonds is 20. The number of cyclic esters (lactones) is 1. The number of hydrogen-bond acceptors (Lipinski definition) is 8. The van der Waals surface area contributed by atoms with Crippen molar-refractivity contribution >= 4 is 17.9 Å². The topological polar surface area (TPSA) is 108 Å². The first-order valence-electron chi connectivity index (χ1n) is 13.2. The van der Waals surface area contributed by atoms with Crippen molar-refractivity contribution in [2.24, 2.45) is 0 Å². The van der Waals surface area contributed by atoms with Crippen LogP contribution in [-0.2, 0) is 28.5 Å². The van der Waals surface area contributed by atoms with E-state index in [9.17, 15) is 19.5 Å². The third-order valence-electron chi connectivity index (χ3n) is 5.82. The molecule has 0 spiro atoms. The van der Waals surface area contributed by atoms with E-state index < -0.39 is 42.3 Å². The number of esters is 1. The lowest BCUT2D eigenvalue weighted by Gasteiger charge is -2.15. The molecular weight excluding hydrogens is 440 g/mol. The predicted octanol–water partition coefficient (Wildman–Crippen LogP) is 5.27. The number of ketones is 1. The Morgan fingerprint density at radius 1 is 0.882 bits per heavy atom. The van der Waals surface area contributed by atoms with Crippen LogP contribution in [0.4, 0.5) is 4.79 Å². The summed E-state index contributed by atoms with van der Waals surface area (Å²) >= 11 is 0. The summed E-state index contributed by atoms with van der Waals surface area (Å²) in [5.41, 5.74) is 0. The van der Waals surface area contributed by atoms with Crippen molar-refractivity contribution < 1.29 is 38.4 Å². The van der Waals surface area contributed by atoms with Gasteiger partial charge < -0.3 is 24.1 Å². The van der Waals surface area contributed by atoms with Gasteiger partial charge in [-0.15, -0.1) is 0 Å². The molecule has 0 aromatic heterocycles. The van der Waals surface area contributed by atoms with Crippen LogP contribution in [0.1, 0.15) is 111 Å². The Labute approximate surface area is 205 Å². The Hall–Kier alpha value is -1.67. The maximum Gasteiger partial charge on any atom is 0.509 e. The minimum Gasteiger partial charge on any atom is -0.448 e.